The second kappa shape index (κ2) is 4.77. The molecule has 1 saturated carbocycles. The summed E-state index contributed by atoms with van der Waals surface area (Å²) in [5.41, 5.74) is 7.15. The summed E-state index contributed by atoms with van der Waals surface area (Å²) in [6.07, 6.45) is 10.2. The highest BCUT2D eigenvalue weighted by Crippen LogP contribution is 2.64. The first-order chi connectivity index (χ1) is 10.7. The van der Waals surface area contributed by atoms with Crippen LogP contribution in [0.5, 0.6) is 0 Å². The summed E-state index contributed by atoms with van der Waals surface area (Å²) >= 11 is 0. The fourth-order valence-corrected chi connectivity index (χ4v) is 4.63. The van der Waals surface area contributed by atoms with E-state index in [2.05, 4.69) is 93.5 Å². The fraction of sp³-hybridized carbons (Fsp3) is 0.667. The maximum atomic E-state index is 2.58. The standard InChI is InChI=1S/C24H36/c1-21(2,3)15-11-17-18-12-16(22(4,5)6)14-20(18)24(9,10)23(7,8)19(17)13-15/h11-14,17-18H,1-10H3. The molecule has 132 valence electrons. The van der Waals surface area contributed by atoms with Crippen LogP contribution in [0.3, 0.4) is 0 Å². The van der Waals surface area contributed by atoms with E-state index in [0.29, 0.717) is 11.8 Å². The number of hydrogen-bond acceptors (Lipinski definition) is 0. The van der Waals surface area contributed by atoms with Gasteiger partial charge in [-0.3, -0.25) is 0 Å². The second-order valence-corrected chi connectivity index (χ2v) is 11.2. The number of hydrogen-bond donors (Lipinski definition) is 0. The molecule has 0 aromatic carbocycles. The molecule has 0 aliphatic heterocycles. The first-order valence-corrected chi connectivity index (χ1v) is 9.56. The third-order valence-corrected chi connectivity index (χ3v) is 7.18. The van der Waals surface area contributed by atoms with E-state index in [9.17, 15) is 0 Å². The van der Waals surface area contributed by atoms with Gasteiger partial charge in [-0.05, 0) is 32.8 Å². The van der Waals surface area contributed by atoms with Crippen LogP contribution in [0.1, 0.15) is 69.2 Å². The quantitative estimate of drug-likeness (QED) is 0.445. The fourth-order valence-electron chi connectivity index (χ4n) is 4.63. The first-order valence-electron chi connectivity index (χ1n) is 9.56. The van der Waals surface area contributed by atoms with Crippen LogP contribution in [0, 0.1) is 33.5 Å². The van der Waals surface area contributed by atoms with Crippen molar-refractivity contribution in [3.63, 3.8) is 0 Å². The lowest BCUT2D eigenvalue weighted by atomic mass is 9.50. The van der Waals surface area contributed by atoms with Crippen molar-refractivity contribution < 1.29 is 0 Å². The zero-order valence-corrected chi connectivity index (χ0v) is 17.5. The third kappa shape index (κ3) is 2.32. The van der Waals surface area contributed by atoms with Crippen LogP contribution in [0.15, 0.2) is 46.6 Å². The van der Waals surface area contributed by atoms with E-state index in [-0.39, 0.29) is 21.7 Å². The largest absolute Gasteiger partial charge is 0.0726 e. The Labute approximate surface area is 149 Å². The smallest absolute Gasteiger partial charge is 0.00925 e. The Kier molecular flexibility index (Phi) is 3.53. The average Bonchev–Trinajstić information content (AvgIpc) is 3.00. The minimum absolute atomic E-state index is 0.185. The van der Waals surface area contributed by atoms with E-state index in [1.807, 2.05) is 0 Å². The molecule has 0 amide bonds. The van der Waals surface area contributed by atoms with Crippen molar-refractivity contribution in [2.75, 3.05) is 0 Å². The summed E-state index contributed by atoms with van der Waals surface area (Å²) in [6, 6.07) is 0. The van der Waals surface area contributed by atoms with Crippen molar-refractivity contribution in [3.05, 3.63) is 46.6 Å². The molecule has 3 rings (SSSR count). The molecule has 0 N–H and O–H groups in total. The summed E-state index contributed by atoms with van der Waals surface area (Å²) in [5, 5.41) is 0. The molecular weight excluding hydrogens is 288 g/mol. The van der Waals surface area contributed by atoms with E-state index in [1.165, 1.54) is 11.1 Å². The van der Waals surface area contributed by atoms with Crippen LogP contribution in [0.25, 0.3) is 0 Å². The van der Waals surface area contributed by atoms with Crippen LogP contribution in [-0.4, -0.2) is 0 Å². The SMILES string of the molecule is CC(C)(C)C1=CC2C(=C1)C(C)(C)C(C)(C)C1=CC(C(C)(C)C)=CC12. The van der Waals surface area contributed by atoms with Gasteiger partial charge in [-0.1, -0.05) is 105 Å². The molecular formula is C24H36. The monoisotopic (exact) mass is 324 g/mol. The molecule has 0 heteroatoms. The van der Waals surface area contributed by atoms with Gasteiger partial charge < -0.3 is 0 Å². The molecule has 0 spiro atoms. The van der Waals surface area contributed by atoms with Gasteiger partial charge in [-0.2, -0.15) is 0 Å². The predicted molar refractivity (Wildman–Crippen MR) is 106 cm³/mol. The van der Waals surface area contributed by atoms with Crippen molar-refractivity contribution in [1.29, 1.82) is 0 Å². The number of rotatable bonds is 0. The highest BCUT2D eigenvalue weighted by molar-refractivity contribution is 5.54. The molecule has 0 aromatic rings. The topological polar surface area (TPSA) is 0 Å². The van der Waals surface area contributed by atoms with Gasteiger partial charge in [0.15, 0.2) is 0 Å². The Bertz CT molecular complexity index is 625. The lowest BCUT2D eigenvalue weighted by molar-refractivity contribution is 0.139. The highest BCUT2D eigenvalue weighted by atomic mass is 14.6. The van der Waals surface area contributed by atoms with Crippen molar-refractivity contribution >= 4 is 0 Å². The molecule has 2 unspecified atom stereocenters. The number of allylic oxidation sites excluding steroid dienone is 8. The summed E-state index contributed by atoms with van der Waals surface area (Å²) in [4.78, 5) is 0. The third-order valence-electron chi connectivity index (χ3n) is 7.18. The van der Waals surface area contributed by atoms with Gasteiger partial charge in [0, 0.05) is 11.8 Å². The van der Waals surface area contributed by atoms with Crippen molar-refractivity contribution in [2.24, 2.45) is 33.5 Å². The van der Waals surface area contributed by atoms with Crippen molar-refractivity contribution in [2.45, 2.75) is 69.2 Å². The summed E-state index contributed by atoms with van der Waals surface area (Å²) < 4.78 is 0. The van der Waals surface area contributed by atoms with E-state index < -0.39 is 0 Å². The molecule has 2 atom stereocenters. The lowest BCUT2D eigenvalue weighted by Gasteiger charge is -2.53. The van der Waals surface area contributed by atoms with Crippen LogP contribution in [0.2, 0.25) is 0 Å². The maximum Gasteiger partial charge on any atom is 0.00925 e. The molecule has 0 heterocycles. The van der Waals surface area contributed by atoms with Gasteiger partial charge in [0.25, 0.3) is 0 Å². The molecule has 0 aromatic heterocycles. The van der Waals surface area contributed by atoms with E-state index >= 15 is 0 Å². The molecule has 0 radical (unpaired) electrons. The molecule has 0 saturated heterocycles. The van der Waals surface area contributed by atoms with Gasteiger partial charge in [0.05, 0.1) is 0 Å². The van der Waals surface area contributed by atoms with Crippen LogP contribution < -0.4 is 0 Å². The average molecular weight is 325 g/mol. The Morgan fingerprint density at radius 3 is 1.17 bits per heavy atom. The van der Waals surface area contributed by atoms with Gasteiger partial charge in [0.1, 0.15) is 0 Å². The maximum absolute atomic E-state index is 2.58. The molecule has 0 nitrogen and oxygen atoms in total. The van der Waals surface area contributed by atoms with Crippen molar-refractivity contribution in [3.8, 4) is 0 Å². The van der Waals surface area contributed by atoms with Gasteiger partial charge in [0.2, 0.25) is 0 Å². The molecule has 3 aliphatic rings. The molecule has 3 aliphatic carbocycles. The van der Waals surface area contributed by atoms with Gasteiger partial charge >= 0.3 is 0 Å². The highest BCUT2D eigenvalue weighted by Gasteiger charge is 2.55. The van der Waals surface area contributed by atoms with Crippen LogP contribution >= 0.6 is 0 Å². The minimum atomic E-state index is 0.185. The normalized spacial score (nSPS) is 30.9. The van der Waals surface area contributed by atoms with E-state index in [0.717, 1.165) is 0 Å². The molecule has 24 heavy (non-hydrogen) atoms. The predicted octanol–water partition coefficient (Wildman–Crippen LogP) is 7.11. The lowest BCUT2D eigenvalue weighted by Crippen LogP contribution is -2.45. The second-order valence-electron chi connectivity index (χ2n) is 11.2. The Hall–Kier alpha value is -1.04. The zero-order chi connectivity index (χ0) is 18.3. The Morgan fingerprint density at radius 2 is 0.917 bits per heavy atom. The van der Waals surface area contributed by atoms with E-state index in [1.54, 1.807) is 11.1 Å². The molecule has 1 fully saturated rings. The van der Waals surface area contributed by atoms with Crippen molar-refractivity contribution in [1.82, 2.24) is 0 Å². The Morgan fingerprint density at radius 1 is 0.625 bits per heavy atom. The summed E-state index contributed by atoms with van der Waals surface area (Å²) in [7, 11) is 0. The van der Waals surface area contributed by atoms with E-state index in [4.69, 9.17) is 0 Å². The summed E-state index contributed by atoms with van der Waals surface area (Å²) in [6.45, 7) is 23.9. The first kappa shape index (κ1) is 17.8. The van der Waals surface area contributed by atoms with Crippen LogP contribution in [-0.2, 0) is 0 Å². The number of fused-ring (bicyclic) bond motifs is 3. The van der Waals surface area contributed by atoms with Gasteiger partial charge in [-0.15, -0.1) is 0 Å². The Balaban J connectivity index is 2.18. The summed E-state index contributed by atoms with van der Waals surface area (Å²) in [5.74, 6) is 1.10. The minimum Gasteiger partial charge on any atom is -0.0726 e. The van der Waals surface area contributed by atoms with Crippen LogP contribution in [0.4, 0.5) is 0 Å². The van der Waals surface area contributed by atoms with Gasteiger partial charge in [-0.25, -0.2) is 0 Å². The zero-order valence-electron chi connectivity index (χ0n) is 17.5. The molecule has 0 bridgehead atoms.